The fourth-order valence-electron chi connectivity index (χ4n) is 3.92. The van der Waals surface area contributed by atoms with Crippen molar-refractivity contribution in [1.82, 2.24) is 0 Å². The molecule has 1 N–H and O–H groups in total. The highest BCUT2D eigenvalue weighted by molar-refractivity contribution is 7.10. The highest BCUT2D eigenvalue weighted by Crippen LogP contribution is 2.45. The van der Waals surface area contributed by atoms with Crippen LogP contribution in [0.3, 0.4) is 0 Å². The number of benzene rings is 2. The van der Waals surface area contributed by atoms with Crippen LogP contribution in [0.1, 0.15) is 41.5 Å². The van der Waals surface area contributed by atoms with Crippen LogP contribution < -0.4 is 9.64 Å². The Morgan fingerprint density at radius 3 is 2.42 bits per heavy atom. The number of ether oxygens (including phenoxy) is 1. The van der Waals surface area contributed by atoms with Gasteiger partial charge >= 0.3 is 0 Å². The van der Waals surface area contributed by atoms with E-state index in [0.717, 1.165) is 16.0 Å². The van der Waals surface area contributed by atoms with Crippen molar-refractivity contribution in [1.29, 1.82) is 0 Å². The van der Waals surface area contributed by atoms with Crippen molar-refractivity contribution in [3.8, 4) is 5.75 Å². The summed E-state index contributed by atoms with van der Waals surface area (Å²) in [6.07, 6.45) is 0. The molecule has 0 bridgehead atoms. The topological polar surface area (TPSA) is 66.8 Å². The van der Waals surface area contributed by atoms with Crippen LogP contribution in [0.2, 0.25) is 0 Å². The molecule has 1 unspecified atom stereocenters. The van der Waals surface area contributed by atoms with Crippen LogP contribution >= 0.6 is 11.3 Å². The quantitative estimate of drug-likeness (QED) is 0.277. The van der Waals surface area contributed by atoms with Gasteiger partial charge in [0.05, 0.1) is 12.2 Å². The summed E-state index contributed by atoms with van der Waals surface area (Å²) in [6.45, 7) is 8.61. The van der Waals surface area contributed by atoms with Crippen molar-refractivity contribution >= 4 is 34.5 Å². The minimum atomic E-state index is -0.691. The molecular formula is C27H27NO4S. The fourth-order valence-corrected chi connectivity index (χ4v) is 4.94. The van der Waals surface area contributed by atoms with Crippen LogP contribution in [0.5, 0.6) is 5.75 Å². The largest absolute Gasteiger partial charge is 0.507 e. The highest BCUT2D eigenvalue weighted by Gasteiger charge is 2.47. The number of rotatable bonds is 6. The van der Waals surface area contributed by atoms with Gasteiger partial charge in [-0.1, -0.05) is 26.0 Å². The monoisotopic (exact) mass is 461 g/mol. The summed E-state index contributed by atoms with van der Waals surface area (Å²) in [4.78, 5) is 28.8. The maximum absolute atomic E-state index is 13.2. The van der Waals surface area contributed by atoms with Gasteiger partial charge in [0.2, 0.25) is 0 Å². The molecule has 1 aliphatic heterocycles. The summed E-state index contributed by atoms with van der Waals surface area (Å²) in [5, 5.41) is 13.2. The van der Waals surface area contributed by atoms with Crippen molar-refractivity contribution in [2.24, 2.45) is 5.92 Å². The number of hydrogen-bond acceptors (Lipinski definition) is 5. The highest BCUT2D eigenvalue weighted by atomic mass is 32.1. The molecule has 2 aromatic carbocycles. The second kappa shape index (κ2) is 9.24. The van der Waals surface area contributed by atoms with E-state index >= 15 is 0 Å². The molecule has 6 heteroatoms. The Morgan fingerprint density at radius 1 is 1.09 bits per heavy atom. The minimum absolute atomic E-state index is 0.0999. The molecule has 0 radical (unpaired) electrons. The lowest BCUT2D eigenvalue weighted by atomic mass is 9.98. The summed E-state index contributed by atoms with van der Waals surface area (Å²) in [5.74, 6) is -0.434. The van der Waals surface area contributed by atoms with E-state index < -0.39 is 17.7 Å². The van der Waals surface area contributed by atoms with Crippen molar-refractivity contribution in [2.75, 3.05) is 11.5 Å². The molecule has 1 aromatic heterocycles. The van der Waals surface area contributed by atoms with Gasteiger partial charge in [0.25, 0.3) is 11.7 Å². The number of carbonyl (C=O) groups excluding carboxylic acids is 2. The fraction of sp³-hybridized carbons (Fsp3) is 0.259. The predicted molar refractivity (Wildman–Crippen MR) is 132 cm³/mol. The molecule has 2 heterocycles. The summed E-state index contributed by atoms with van der Waals surface area (Å²) in [7, 11) is 0. The molecule has 1 saturated heterocycles. The van der Waals surface area contributed by atoms with Crippen molar-refractivity contribution in [3.05, 3.63) is 87.1 Å². The Hall–Kier alpha value is -3.38. The van der Waals surface area contributed by atoms with E-state index in [1.54, 1.807) is 24.3 Å². The lowest BCUT2D eigenvalue weighted by Gasteiger charge is -2.25. The summed E-state index contributed by atoms with van der Waals surface area (Å²) in [6, 6.07) is 15.7. The lowest BCUT2D eigenvalue weighted by Crippen LogP contribution is -2.29. The van der Waals surface area contributed by atoms with E-state index in [1.165, 1.54) is 16.2 Å². The zero-order valence-electron chi connectivity index (χ0n) is 19.2. The second-order valence-electron chi connectivity index (χ2n) is 8.71. The molecule has 1 aliphatic rings. The number of anilines is 1. The summed E-state index contributed by atoms with van der Waals surface area (Å²) in [5.41, 5.74) is 3.14. The van der Waals surface area contributed by atoms with Gasteiger partial charge in [-0.15, -0.1) is 11.3 Å². The molecule has 1 fully saturated rings. The van der Waals surface area contributed by atoms with E-state index in [-0.39, 0.29) is 11.3 Å². The number of carbonyl (C=O) groups is 2. The number of hydrogen-bond donors (Lipinski definition) is 1. The van der Waals surface area contributed by atoms with E-state index in [9.17, 15) is 14.7 Å². The molecule has 4 rings (SSSR count). The summed E-state index contributed by atoms with van der Waals surface area (Å²) < 4.78 is 5.72. The molecule has 170 valence electrons. The smallest absolute Gasteiger partial charge is 0.300 e. The number of aliphatic hydroxyl groups excluding tert-OH is 1. The zero-order chi connectivity index (χ0) is 23.7. The van der Waals surface area contributed by atoms with Gasteiger partial charge in [0.15, 0.2) is 0 Å². The first kappa shape index (κ1) is 22.8. The number of thiophene rings is 1. The molecule has 33 heavy (non-hydrogen) atoms. The number of ketones is 1. The number of amides is 1. The van der Waals surface area contributed by atoms with Gasteiger partial charge in [-0.05, 0) is 78.7 Å². The second-order valence-corrected chi connectivity index (χ2v) is 9.65. The van der Waals surface area contributed by atoms with Gasteiger partial charge in [-0.3, -0.25) is 14.5 Å². The van der Waals surface area contributed by atoms with Crippen LogP contribution in [-0.4, -0.2) is 23.4 Å². The Labute approximate surface area is 197 Å². The first-order valence-corrected chi connectivity index (χ1v) is 11.8. The summed E-state index contributed by atoms with van der Waals surface area (Å²) >= 11 is 1.47. The third kappa shape index (κ3) is 4.44. The number of Topliss-reactive ketones (excluding diaryl/α,β-unsaturated/α-hetero) is 1. The molecule has 1 amide bonds. The van der Waals surface area contributed by atoms with Gasteiger partial charge in [0, 0.05) is 16.1 Å². The van der Waals surface area contributed by atoms with E-state index in [0.29, 0.717) is 29.5 Å². The van der Waals surface area contributed by atoms with Crippen LogP contribution in [0.15, 0.2) is 65.6 Å². The third-order valence-corrected chi connectivity index (χ3v) is 6.66. The number of nitrogens with zero attached hydrogens (tertiary/aromatic N) is 1. The predicted octanol–water partition coefficient (Wildman–Crippen LogP) is 6.03. The Morgan fingerprint density at radius 2 is 1.82 bits per heavy atom. The van der Waals surface area contributed by atoms with Gasteiger partial charge < -0.3 is 9.84 Å². The standard InChI is InChI=1S/C27H27NO4S/c1-16(2)15-32-21-10-8-19(9-11-21)24(29)22-23(26-18(4)12-13-33-26)28(27(31)25(22)30)20-7-5-6-17(3)14-20/h5-14,16,23,29H,15H2,1-4H3/b24-22-. The van der Waals surface area contributed by atoms with Gasteiger partial charge in [-0.2, -0.15) is 0 Å². The van der Waals surface area contributed by atoms with Gasteiger partial charge in [-0.25, -0.2) is 0 Å². The van der Waals surface area contributed by atoms with Gasteiger partial charge in [0.1, 0.15) is 17.6 Å². The SMILES string of the molecule is Cc1cccc(N2C(=O)C(=O)/C(=C(\O)c3ccc(OCC(C)C)cc3)C2c2sccc2C)c1. The number of aliphatic hydroxyl groups is 1. The van der Waals surface area contributed by atoms with Crippen molar-refractivity contribution < 1.29 is 19.4 Å². The van der Waals surface area contributed by atoms with Crippen molar-refractivity contribution in [3.63, 3.8) is 0 Å². The lowest BCUT2D eigenvalue weighted by molar-refractivity contribution is -0.132. The average molecular weight is 462 g/mol. The molecule has 0 saturated carbocycles. The normalized spacial score (nSPS) is 17.7. The number of aryl methyl sites for hydroxylation is 2. The Bertz CT molecular complexity index is 1220. The maximum atomic E-state index is 13.2. The van der Waals surface area contributed by atoms with E-state index in [1.807, 2.05) is 49.6 Å². The van der Waals surface area contributed by atoms with Crippen LogP contribution in [-0.2, 0) is 9.59 Å². The molecule has 0 aliphatic carbocycles. The Kier molecular flexibility index (Phi) is 6.38. The maximum Gasteiger partial charge on any atom is 0.300 e. The average Bonchev–Trinajstić information content (AvgIpc) is 3.32. The Balaban J connectivity index is 1.81. The molecule has 3 aromatic rings. The van der Waals surface area contributed by atoms with Crippen molar-refractivity contribution in [2.45, 2.75) is 33.7 Å². The minimum Gasteiger partial charge on any atom is -0.507 e. The van der Waals surface area contributed by atoms with Crippen LogP contribution in [0.25, 0.3) is 5.76 Å². The van der Waals surface area contributed by atoms with Crippen LogP contribution in [0, 0.1) is 19.8 Å². The molecule has 1 atom stereocenters. The first-order chi connectivity index (χ1) is 15.8. The van der Waals surface area contributed by atoms with Crippen LogP contribution in [0.4, 0.5) is 5.69 Å². The van der Waals surface area contributed by atoms with E-state index in [2.05, 4.69) is 13.8 Å². The molecule has 5 nitrogen and oxygen atoms in total. The molecule has 0 spiro atoms. The molecular weight excluding hydrogens is 434 g/mol. The first-order valence-electron chi connectivity index (χ1n) is 10.9. The van der Waals surface area contributed by atoms with E-state index in [4.69, 9.17) is 4.74 Å². The zero-order valence-corrected chi connectivity index (χ0v) is 20.0. The third-order valence-electron chi connectivity index (χ3n) is 5.59.